The maximum absolute atomic E-state index is 14.0. The van der Waals surface area contributed by atoms with Crippen molar-refractivity contribution in [1.29, 1.82) is 0 Å². The number of nitrogens with zero attached hydrogens (tertiary/aromatic N) is 2. The zero-order valence-corrected chi connectivity index (χ0v) is 14.6. The smallest absolute Gasteiger partial charge is 0.129 e. The van der Waals surface area contributed by atoms with Gasteiger partial charge in [0.1, 0.15) is 5.82 Å². The molecule has 2 fully saturated rings. The molecule has 0 aromatic heterocycles. The van der Waals surface area contributed by atoms with Crippen LogP contribution in [-0.4, -0.2) is 56.2 Å². The molecule has 0 bridgehead atoms. The van der Waals surface area contributed by atoms with Crippen molar-refractivity contribution in [2.45, 2.75) is 25.8 Å². The largest absolute Gasteiger partial charge is 0.383 e. The van der Waals surface area contributed by atoms with Crippen molar-refractivity contribution in [3.63, 3.8) is 0 Å². The predicted molar refractivity (Wildman–Crippen MR) is 91.3 cm³/mol. The molecule has 5 heteroatoms. The van der Waals surface area contributed by atoms with Crippen LogP contribution in [0.25, 0.3) is 0 Å². The SMILES string of the molecule is COCCN1CCCC2(CCN(Cc3c(F)cccc3Cl)C2)C1. The van der Waals surface area contributed by atoms with Crippen molar-refractivity contribution >= 4 is 11.6 Å². The maximum Gasteiger partial charge on any atom is 0.129 e. The van der Waals surface area contributed by atoms with E-state index in [1.807, 2.05) is 0 Å². The van der Waals surface area contributed by atoms with E-state index in [4.69, 9.17) is 16.3 Å². The zero-order valence-electron chi connectivity index (χ0n) is 13.9. The predicted octanol–water partition coefficient (Wildman–Crippen LogP) is 3.41. The average molecular weight is 341 g/mol. The molecule has 0 aliphatic carbocycles. The summed E-state index contributed by atoms with van der Waals surface area (Å²) in [6.07, 6.45) is 3.72. The van der Waals surface area contributed by atoms with Gasteiger partial charge < -0.3 is 9.64 Å². The number of halogens is 2. The summed E-state index contributed by atoms with van der Waals surface area (Å²) in [5.74, 6) is -0.191. The van der Waals surface area contributed by atoms with E-state index in [0.717, 1.165) is 32.8 Å². The number of piperidine rings is 1. The van der Waals surface area contributed by atoms with Gasteiger partial charge in [-0.1, -0.05) is 17.7 Å². The van der Waals surface area contributed by atoms with Crippen LogP contribution in [0.5, 0.6) is 0 Å². The molecule has 0 amide bonds. The molecule has 1 aromatic rings. The number of hydrogen-bond acceptors (Lipinski definition) is 3. The third kappa shape index (κ3) is 4.05. The van der Waals surface area contributed by atoms with E-state index in [1.165, 1.54) is 31.9 Å². The molecule has 1 atom stereocenters. The summed E-state index contributed by atoms with van der Waals surface area (Å²) in [4.78, 5) is 4.89. The molecule has 1 aromatic carbocycles. The summed E-state index contributed by atoms with van der Waals surface area (Å²) in [5.41, 5.74) is 1.00. The van der Waals surface area contributed by atoms with E-state index in [-0.39, 0.29) is 5.82 Å². The van der Waals surface area contributed by atoms with Crippen molar-refractivity contribution in [3.05, 3.63) is 34.6 Å². The molecule has 0 saturated carbocycles. The molecule has 1 unspecified atom stereocenters. The van der Waals surface area contributed by atoms with Gasteiger partial charge in [-0.15, -0.1) is 0 Å². The molecule has 2 saturated heterocycles. The molecule has 2 aliphatic heterocycles. The number of likely N-dealkylation sites (tertiary alicyclic amines) is 2. The van der Waals surface area contributed by atoms with Crippen LogP contribution in [-0.2, 0) is 11.3 Å². The van der Waals surface area contributed by atoms with E-state index in [2.05, 4.69) is 9.80 Å². The van der Waals surface area contributed by atoms with E-state index in [9.17, 15) is 4.39 Å². The van der Waals surface area contributed by atoms with Crippen molar-refractivity contribution in [1.82, 2.24) is 9.80 Å². The fourth-order valence-electron chi connectivity index (χ4n) is 4.12. The Kier molecular flexibility index (Phi) is 5.57. The number of hydrogen-bond donors (Lipinski definition) is 0. The first-order valence-electron chi connectivity index (χ1n) is 8.48. The molecule has 0 radical (unpaired) electrons. The van der Waals surface area contributed by atoms with Crippen molar-refractivity contribution in [2.24, 2.45) is 5.41 Å². The van der Waals surface area contributed by atoms with Gasteiger partial charge in [0.15, 0.2) is 0 Å². The van der Waals surface area contributed by atoms with Crippen LogP contribution in [0.3, 0.4) is 0 Å². The fourth-order valence-corrected chi connectivity index (χ4v) is 4.35. The third-order valence-electron chi connectivity index (χ3n) is 5.31. The Bertz CT molecular complexity index is 522. The first kappa shape index (κ1) is 17.2. The summed E-state index contributed by atoms with van der Waals surface area (Å²) in [5, 5.41) is 0.538. The second-order valence-corrected chi connectivity index (χ2v) is 7.44. The molecule has 3 nitrogen and oxygen atoms in total. The summed E-state index contributed by atoms with van der Waals surface area (Å²) < 4.78 is 19.2. The highest BCUT2D eigenvalue weighted by atomic mass is 35.5. The van der Waals surface area contributed by atoms with Crippen molar-refractivity contribution in [2.75, 3.05) is 46.4 Å². The Morgan fingerprint density at radius 2 is 2.04 bits per heavy atom. The summed E-state index contributed by atoms with van der Waals surface area (Å²) in [6, 6.07) is 4.94. The second-order valence-electron chi connectivity index (χ2n) is 7.03. The molecule has 2 heterocycles. The molecule has 128 valence electrons. The van der Waals surface area contributed by atoms with Gasteiger partial charge in [-0.05, 0) is 49.9 Å². The highest BCUT2D eigenvalue weighted by Gasteiger charge is 2.41. The van der Waals surface area contributed by atoms with Gasteiger partial charge in [0.2, 0.25) is 0 Å². The lowest BCUT2D eigenvalue weighted by atomic mass is 9.79. The minimum absolute atomic E-state index is 0.191. The Balaban J connectivity index is 1.61. The van der Waals surface area contributed by atoms with Crippen LogP contribution in [0.15, 0.2) is 18.2 Å². The lowest BCUT2D eigenvalue weighted by Gasteiger charge is -2.40. The van der Waals surface area contributed by atoms with Crippen LogP contribution in [0.1, 0.15) is 24.8 Å². The van der Waals surface area contributed by atoms with Gasteiger partial charge in [0, 0.05) is 43.9 Å². The van der Waals surface area contributed by atoms with Crippen molar-refractivity contribution in [3.8, 4) is 0 Å². The summed E-state index contributed by atoms with van der Waals surface area (Å²) >= 11 is 6.18. The average Bonchev–Trinajstić information content (AvgIpc) is 2.91. The van der Waals surface area contributed by atoms with E-state index in [0.29, 0.717) is 22.5 Å². The van der Waals surface area contributed by atoms with E-state index in [1.54, 1.807) is 19.2 Å². The topological polar surface area (TPSA) is 15.7 Å². The molecule has 23 heavy (non-hydrogen) atoms. The molecular weight excluding hydrogens is 315 g/mol. The Morgan fingerprint density at radius 1 is 1.22 bits per heavy atom. The Morgan fingerprint density at radius 3 is 2.83 bits per heavy atom. The molecule has 0 N–H and O–H groups in total. The maximum atomic E-state index is 14.0. The van der Waals surface area contributed by atoms with Gasteiger partial charge >= 0.3 is 0 Å². The number of benzene rings is 1. The molecule has 3 rings (SSSR count). The van der Waals surface area contributed by atoms with Gasteiger partial charge in [0.05, 0.1) is 6.61 Å². The quantitative estimate of drug-likeness (QED) is 0.817. The normalized spacial score (nSPS) is 26.2. The van der Waals surface area contributed by atoms with Crippen LogP contribution in [0.2, 0.25) is 5.02 Å². The van der Waals surface area contributed by atoms with Crippen LogP contribution < -0.4 is 0 Å². The van der Waals surface area contributed by atoms with Crippen LogP contribution in [0, 0.1) is 11.2 Å². The monoisotopic (exact) mass is 340 g/mol. The summed E-state index contributed by atoms with van der Waals surface area (Å²) in [6.45, 7) is 6.80. The van der Waals surface area contributed by atoms with Gasteiger partial charge in [-0.2, -0.15) is 0 Å². The molecule has 1 spiro atoms. The van der Waals surface area contributed by atoms with E-state index >= 15 is 0 Å². The van der Waals surface area contributed by atoms with Gasteiger partial charge in [0.25, 0.3) is 0 Å². The Labute approximate surface area is 143 Å². The minimum atomic E-state index is -0.191. The second kappa shape index (κ2) is 7.47. The zero-order chi connectivity index (χ0) is 16.3. The van der Waals surface area contributed by atoms with Crippen LogP contribution >= 0.6 is 11.6 Å². The minimum Gasteiger partial charge on any atom is -0.383 e. The third-order valence-corrected chi connectivity index (χ3v) is 5.67. The van der Waals surface area contributed by atoms with Gasteiger partial charge in [-0.3, -0.25) is 4.90 Å². The highest BCUT2D eigenvalue weighted by Crippen LogP contribution is 2.39. The van der Waals surface area contributed by atoms with Crippen LogP contribution in [0.4, 0.5) is 4.39 Å². The first-order chi connectivity index (χ1) is 11.1. The van der Waals surface area contributed by atoms with Crippen molar-refractivity contribution < 1.29 is 9.13 Å². The Hall–Kier alpha value is -0.680. The fraction of sp³-hybridized carbons (Fsp3) is 0.667. The van der Waals surface area contributed by atoms with Gasteiger partial charge in [-0.25, -0.2) is 4.39 Å². The number of rotatable bonds is 5. The highest BCUT2D eigenvalue weighted by molar-refractivity contribution is 6.31. The van der Waals surface area contributed by atoms with E-state index < -0.39 is 0 Å². The number of methoxy groups -OCH3 is 1. The lowest BCUT2D eigenvalue weighted by Crippen LogP contribution is -2.45. The summed E-state index contributed by atoms with van der Waals surface area (Å²) in [7, 11) is 1.76. The molecule has 2 aliphatic rings. The lowest BCUT2D eigenvalue weighted by molar-refractivity contribution is 0.0673. The number of ether oxygens (including phenoxy) is 1. The standard InChI is InChI=1S/C18H26ClFN2O/c1-23-11-10-21-8-3-6-18(13-21)7-9-22(14-18)12-15-16(19)4-2-5-17(15)20/h2,4-5H,3,6-14H2,1H3. The molecular formula is C18H26ClFN2O. The first-order valence-corrected chi connectivity index (χ1v) is 8.86.